The Kier molecular flexibility index (Phi) is 8.75. The highest BCUT2D eigenvalue weighted by molar-refractivity contribution is 5.96. The van der Waals surface area contributed by atoms with Crippen molar-refractivity contribution in [3.63, 3.8) is 0 Å². The molecule has 1 spiro atoms. The number of likely N-dealkylation sites (tertiary alicyclic amines) is 1. The summed E-state index contributed by atoms with van der Waals surface area (Å²) in [5.74, 6) is 0.570. The lowest BCUT2D eigenvalue weighted by atomic mass is 9.73. The molecule has 40 heavy (non-hydrogen) atoms. The molecular formula is C32H41N5O3. The Hall–Kier alpha value is -3.78. The Morgan fingerprint density at radius 2 is 1.65 bits per heavy atom. The highest BCUT2D eigenvalue weighted by Crippen LogP contribution is 2.37. The molecule has 3 heterocycles. The molecule has 2 aliphatic rings. The smallest absolute Gasteiger partial charge is 0.255 e. The molecule has 8 nitrogen and oxygen atoms in total. The molecule has 2 aromatic carbocycles. The number of carbonyl (C=O) groups is 2. The Morgan fingerprint density at radius 3 is 2.42 bits per heavy atom. The second-order valence-electron chi connectivity index (χ2n) is 11.2. The van der Waals surface area contributed by atoms with Crippen LogP contribution in [0, 0.1) is 5.41 Å². The fraction of sp³-hybridized carbons (Fsp3) is 0.438. The minimum Gasteiger partial charge on any atom is -0.491 e. The maximum Gasteiger partial charge on any atom is 0.255 e. The summed E-state index contributed by atoms with van der Waals surface area (Å²) in [6.45, 7) is 3.92. The fourth-order valence-electron chi connectivity index (χ4n) is 5.85. The lowest BCUT2D eigenvalue weighted by Crippen LogP contribution is -2.49. The molecule has 0 bridgehead atoms. The van der Waals surface area contributed by atoms with E-state index >= 15 is 0 Å². The van der Waals surface area contributed by atoms with Gasteiger partial charge >= 0.3 is 0 Å². The number of nitrogens with zero attached hydrogens (tertiary/aromatic N) is 3. The van der Waals surface area contributed by atoms with Gasteiger partial charge in [0.2, 0.25) is 5.91 Å². The minimum absolute atomic E-state index is 0.113. The SMILES string of the molecule is CN(C)c1ccc(-n2cccc2CN2CCC3(CCCCNC(=O)c4ccccc4OCCNC3=O)CC2)cc1. The van der Waals surface area contributed by atoms with Crippen molar-refractivity contribution >= 4 is 17.5 Å². The van der Waals surface area contributed by atoms with Crippen molar-refractivity contribution in [3.05, 3.63) is 78.1 Å². The number of piperidine rings is 1. The van der Waals surface area contributed by atoms with E-state index in [1.54, 1.807) is 12.1 Å². The normalized spacial score (nSPS) is 18.6. The van der Waals surface area contributed by atoms with Gasteiger partial charge in [0.05, 0.1) is 17.5 Å². The predicted molar refractivity (Wildman–Crippen MR) is 158 cm³/mol. The summed E-state index contributed by atoms with van der Waals surface area (Å²) in [6, 6.07) is 20.2. The molecule has 1 aromatic heterocycles. The van der Waals surface area contributed by atoms with E-state index in [0.717, 1.165) is 57.4 Å². The third-order valence-corrected chi connectivity index (χ3v) is 8.30. The number of ether oxygens (including phenoxy) is 1. The summed E-state index contributed by atoms with van der Waals surface area (Å²) >= 11 is 0. The number of aromatic nitrogens is 1. The standard InChI is InChI=1S/C32H41N5O3/c1-35(2)25-11-13-26(14-12-25)37-20-7-8-27(37)24-36-21-16-32(17-22-36)15-5-6-18-33-30(38)28-9-3-4-10-29(28)40-23-19-34-31(32)39/h3-4,7-14,20H,5-6,15-19,21-24H2,1-2H3,(H,33,38)(H,34,39). The van der Waals surface area contributed by atoms with Gasteiger partial charge in [-0.05, 0) is 87.3 Å². The molecule has 0 saturated carbocycles. The molecule has 1 saturated heterocycles. The van der Waals surface area contributed by atoms with Crippen molar-refractivity contribution in [1.29, 1.82) is 0 Å². The second-order valence-corrected chi connectivity index (χ2v) is 11.2. The van der Waals surface area contributed by atoms with Crippen molar-refractivity contribution in [2.24, 2.45) is 5.41 Å². The van der Waals surface area contributed by atoms with Gasteiger partial charge in [-0.3, -0.25) is 14.5 Å². The van der Waals surface area contributed by atoms with Gasteiger partial charge in [-0.25, -0.2) is 0 Å². The van der Waals surface area contributed by atoms with Crippen LogP contribution >= 0.6 is 0 Å². The highest BCUT2D eigenvalue weighted by Gasteiger charge is 2.40. The molecule has 2 amide bonds. The lowest BCUT2D eigenvalue weighted by Gasteiger charge is -2.41. The number of fused-ring (bicyclic) bond motifs is 1. The van der Waals surface area contributed by atoms with Crippen LogP contribution in [0.15, 0.2) is 66.9 Å². The van der Waals surface area contributed by atoms with Gasteiger partial charge in [0.1, 0.15) is 12.4 Å². The maximum atomic E-state index is 13.5. The molecule has 8 heteroatoms. The molecule has 0 atom stereocenters. The van der Waals surface area contributed by atoms with E-state index in [-0.39, 0.29) is 17.2 Å². The third kappa shape index (κ3) is 6.33. The fourth-order valence-corrected chi connectivity index (χ4v) is 5.85. The number of amides is 2. The zero-order valence-electron chi connectivity index (χ0n) is 23.7. The maximum absolute atomic E-state index is 13.5. The quantitative estimate of drug-likeness (QED) is 0.515. The highest BCUT2D eigenvalue weighted by atomic mass is 16.5. The van der Waals surface area contributed by atoms with Crippen LogP contribution in [0.4, 0.5) is 5.69 Å². The first kappa shape index (κ1) is 27.8. The van der Waals surface area contributed by atoms with Gasteiger partial charge in [-0.2, -0.15) is 0 Å². The molecule has 212 valence electrons. The van der Waals surface area contributed by atoms with Crippen molar-refractivity contribution < 1.29 is 14.3 Å². The number of anilines is 1. The Balaban J connectivity index is 1.21. The topological polar surface area (TPSA) is 78.8 Å². The first-order chi connectivity index (χ1) is 19.4. The Labute approximate surface area is 237 Å². The first-order valence-corrected chi connectivity index (χ1v) is 14.4. The molecule has 5 rings (SSSR count). The Bertz CT molecular complexity index is 1290. The second kappa shape index (κ2) is 12.6. The zero-order chi connectivity index (χ0) is 28.0. The molecule has 0 unspecified atom stereocenters. The van der Waals surface area contributed by atoms with Crippen LogP contribution < -0.4 is 20.3 Å². The van der Waals surface area contributed by atoms with Crippen LogP contribution in [0.1, 0.15) is 48.2 Å². The molecule has 3 aromatic rings. The van der Waals surface area contributed by atoms with Crippen molar-refractivity contribution in [2.75, 3.05) is 51.8 Å². The van der Waals surface area contributed by atoms with Crippen molar-refractivity contribution in [3.8, 4) is 11.4 Å². The van der Waals surface area contributed by atoms with E-state index in [1.807, 2.05) is 12.1 Å². The number of benzene rings is 2. The average molecular weight is 544 g/mol. The summed E-state index contributed by atoms with van der Waals surface area (Å²) in [5.41, 5.74) is 3.73. The molecule has 2 N–H and O–H groups in total. The summed E-state index contributed by atoms with van der Waals surface area (Å²) in [4.78, 5) is 30.8. The number of nitrogens with one attached hydrogen (secondary N) is 2. The van der Waals surface area contributed by atoms with E-state index in [4.69, 9.17) is 4.74 Å². The van der Waals surface area contributed by atoms with Crippen molar-refractivity contribution in [2.45, 2.75) is 38.6 Å². The van der Waals surface area contributed by atoms with Gasteiger partial charge in [-0.1, -0.05) is 18.6 Å². The van der Waals surface area contributed by atoms with Gasteiger partial charge in [0.25, 0.3) is 5.91 Å². The number of hydrogen-bond donors (Lipinski definition) is 2. The van der Waals surface area contributed by atoms with Gasteiger partial charge in [0.15, 0.2) is 0 Å². The number of para-hydroxylation sites is 1. The van der Waals surface area contributed by atoms with Crippen LogP contribution in [0.5, 0.6) is 5.75 Å². The number of carbonyl (C=O) groups excluding carboxylic acids is 2. The lowest BCUT2D eigenvalue weighted by molar-refractivity contribution is -0.134. The summed E-state index contributed by atoms with van der Waals surface area (Å²) < 4.78 is 8.13. The third-order valence-electron chi connectivity index (χ3n) is 8.30. The monoisotopic (exact) mass is 543 g/mol. The van der Waals surface area contributed by atoms with Crippen LogP contribution in [-0.4, -0.2) is 68.2 Å². The van der Waals surface area contributed by atoms with E-state index in [1.165, 1.54) is 11.4 Å². The average Bonchev–Trinajstić information content (AvgIpc) is 3.43. The van der Waals surface area contributed by atoms with Gasteiger partial charge in [-0.15, -0.1) is 0 Å². The summed E-state index contributed by atoms with van der Waals surface area (Å²) in [5, 5.41) is 6.17. The molecule has 0 aliphatic carbocycles. The van der Waals surface area contributed by atoms with Crippen LogP contribution in [0.3, 0.4) is 0 Å². The van der Waals surface area contributed by atoms with E-state index in [9.17, 15) is 9.59 Å². The van der Waals surface area contributed by atoms with E-state index in [0.29, 0.717) is 31.0 Å². The largest absolute Gasteiger partial charge is 0.491 e. The van der Waals surface area contributed by atoms with E-state index in [2.05, 4.69) is 81.7 Å². The number of hydrogen-bond acceptors (Lipinski definition) is 5. The summed E-state index contributed by atoms with van der Waals surface area (Å²) in [6.07, 6.45) is 6.34. The summed E-state index contributed by atoms with van der Waals surface area (Å²) in [7, 11) is 4.10. The number of rotatable bonds is 4. The van der Waals surface area contributed by atoms with E-state index < -0.39 is 0 Å². The zero-order valence-corrected chi connectivity index (χ0v) is 23.7. The van der Waals surface area contributed by atoms with Crippen LogP contribution in [0.2, 0.25) is 0 Å². The van der Waals surface area contributed by atoms with Gasteiger partial charge < -0.3 is 24.8 Å². The van der Waals surface area contributed by atoms with Crippen molar-refractivity contribution in [1.82, 2.24) is 20.1 Å². The van der Waals surface area contributed by atoms with Gasteiger partial charge in [0, 0.05) is 50.5 Å². The van der Waals surface area contributed by atoms with Crippen LogP contribution in [-0.2, 0) is 11.3 Å². The predicted octanol–water partition coefficient (Wildman–Crippen LogP) is 4.23. The first-order valence-electron chi connectivity index (χ1n) is 14.4. The Morgan fingerprint density at radius 1 is 0.875 bits per heavy atom. The van der Waals surface area contributed by atoms with Crippen LogP contribution in [0.25, 0.3) is 5.69 Å². The molecular weight excluding hydrogens is 502 g/mol. The minimum atomic E-state index is -0.382. The molecule has 1 fully saturated rings. The molecule has 2 aliphatic heterocycles. The molecule has 0 radical (unpaired) electrons.